The van der Waals surface area contributed by atoms with E-state index in [0.717, 1.165) is 5.56 Å². The predicted octanol–water partition coefficient (Wildman–Crippen LogP) is 3.01. The molecular weight excluding hydrogens is 293 g/mol. The van der Waals surface area contributed by atoms with Crippen LogP contribution in [0.4, 0.5) is 10.1 Å². The van der Waals surface area contributed by atoms with Gasteiger partial charge in [-0.3, -0.25) is 0 Å². The van der Waals surface area contributed by atoms with Crippen molar-refractivity contribution >= 4 is 17.3 Å². The topological polar surface area (TPSA) is 69.6 Å². The van der Waals surface area contributed by atoms with Gasteiger partial charge in [0.15, 0.2) is 11.6 Å². The summed E-state index contributed by atoms with van der Waals surface area (Å²) in [6.07, 6.45) is 0. The van der Waals surface area contributed by atoms with Crippen LogP contribution in [0.2, 0.25) is 5.02 Å². The quantitative estimate of drug-likeness (QED) is 0.739. The van der Waals surface area contributed by atoms with Gasteiger partial charge >= 0.3 is 0 Å². The average Bonchev–Trinajstić information content (AvgIpc) is 2.90. The summed E-state index contributed by atoms with van der Waals surface area (Å²) in [5.74, 6) is -0.181. The van der Waals surface area contributed by atoms with E-state index in [-0.39, 0.29) is 10.7 Å². The Kier molecular flexibility index (Phi) is 3.31. The number of aryl methyl sites for hydroxylation is 1. The highest BCUT2D eigenvalue weighted by Crippen LogP contribution is 2.26. The van der Waals surface area contributed by atoms with E-state index in [2.05, 4.69) is 15.5 Å². The average molecular weight is 304 g/mol. The largest absolute Gasteiger partial charge is 0.399 e. The van der Waals surface area contributed by atoms with Crippen LogP contribution in [0.1, 0.15) is 5.56 Å². The molecule has 3 aromatic rings. The fourth-order valence-corrected chi connectivity index (χ4v) is 2.30. The standard InChI is InChI=1S/C14H11ClFN5/c1-8-5-9(7-10(17)6-8)14-18-19-20-21(14)12-4-2-3-11(15)13(12)16/h2-7H,17H2,1H3. The number of rotatable bonds is 2. The minimum Gasteiger partial charge on any atom is -0.399 e. The lowest BCUT2D eigenvalue weighted by molar-refractivity contribution is 0.608. The van der Waals surface area contributed by atoms with E-state index in [1.807, 2.05) is 19.1 Å². The zero-order valence-electron chi connectivity index (χ0n) is 11.1. The molecule has 106 valence electrons. The minimum atomic E-state index is -0.576. The Morgan fingerprint density at radius 3 is 2.81 bits per heavy atom. The summed E-state index contributed by atoms with van der Waals surface area (Å²) in [6.45, 7) is 1.91. The second kappa shape index (κ2) is 5.14. The smallest absolute Gasteiger partial charge is 0.187 e. The number of nitrogen functional groups attached to an aromatic ring is 1. The van der Waals surface area contributed by atoms with Crippen molar-refractivity contribution in [3.8, 4) is 17.1 Å². The molecular formula is C14H11ClFN5. The maximum absolute atomic E-state index is 14.1. The van der Waals surface area contributed by atoms with Crippen LogP contribution in [0.5, 0.6) is 0 Å². The van der Waals surface area contributed by atoms with Gasteiger partial charge in [0.2, 0.25) is 0 Å². The molecule has 0 saturated carbocycles. The molecule has 21 heavy (non-hydrogen) atoms. The lowest BCUT2D eigenvalue weighted by Crippen LogP contribution is -2.03. The van der Waals surface area contributed by atoms with Gasteiger partial charge in [-0.15, -0.1) is 5.10 Å². The van der Waals surface area contributed by atoms with Gasteiger partial charge in [-0.25, -0.2) is 4.39 Å². The highest BCUT2D eigenvalue weighted by Gasteiger charge is 2.16. The molecule has 0 saturated heterocycles. The van der Waals surface area contributed by atoms with Crippen molar-refractivity contribution in [2.75, 3.05) is 5.73 Å². The highest BCUT2D eigenvalue weighted by atomic mass is 35.5. The lowest BCUT2D eigenvalue weighted by atomic mass is 10.1. The molecule has 0 atom stereocenters. The summed E-state index contributed by atoms with van der Waals surface area (Å²) >= 11 is 5.80. The van der Waals surface area contributed by atoms with Gasteiger partial charge in [0.05, 0.1) is 5.02 Å². The van der Waals surface area contributed by atoms with Crippen LogP contribution < -0.4 is 5.73 Å². The van der Waals surface area contributed by atoms with E-state index in [0.29, 0.717) is 17.1 Å². The number of nitrogens with two attached hydrogens (primary N) is 1. The molecule has 0 unspecified atom stereocenters. The molecule has 0 bridgehead atoms. The van der Waals surface area contributed by atoms with E-state index in [9.17, 15) is 4.39 Å². The highest BCUT2D eigenvalue weighted by molar-refractivity contribution is 6.30. The van der Waals surface area contributed by atoms with Gasteiger partial charge < -0.3 is 5.73 Å². The maximum atomic E-state index is 14.1. The predicted molar refractivity (Wildman–Crippen MR) is 78.7 cm³/mol. The SMILES string of the molecule is Cc1cc(N)cc(-c2nnnn2-c2cccc(Cl)c2F)c1. The van der Waals surface area contributed by atoms with Crippen LogP contribution in [0.15, 0.2) is 36.4 Å². The summed E-state index contributed by atoms with van der Waals surface area (Å²) in [5.41, 5.74) is 8.28. The van der Waals surface area contributed by atoms with Gasteiger partial charge in [0.25, 0.3) is 0 Å². The molecule has 7 heteroatoms. The summed E-state index contributed by atoms with van der Waals surface area (Å²) in [4.78, 5) is 0. The van der Waals surface area contributed by atoms with Crippen molar-refractivity contribution in [1.29, 1.82) is 0 Å². The van der Waals surface area contributed by atoms with E-state index in [4.69, 9.17) is 17.3 Å². The van der Waals surface area contributed by atoms with Gasteiger partial charge in [-0.1, -0.05) is 17.7 Å². The molecule has 3 rings (SSSR count). The Bertz CT molecular complexity index is 795. The molecule has 2 aromatic carbocycles. The van der Waals surface area contributed by atoms with Gasteiger partial charge in [0.1, 0.15) is 5.69 Å². The van der Waals surface area contributed by atoms with Crippen molar-refractivity contribution in [3.63, 3.8) is 0 Å². The molecule has 0 spiro atoms. The van der Waals surface area contributed by atoms with E-state index in [1.54, 1.807) is 18.2 Å². The maximum Gasteiger partial charge on any atom is 0.187 e. The molecule has 0 amide bonds. The summed E-state index contributed by atoms with van der Waals surface area (Å²) < 4.78 is 15.4. The molecule has 1 heterocycles. The number of nitrogens with zero attached hydrogens (tertiary/aromatic N) is 4. The Balaban J connectivity index is 2.19. The molecule has 0 fully saturated rings. The number of anilines is 1. The number of tetrazole rings is 1. The normalized spacial score (nSPS) is 10.8. The molecule has 2 N–H and O–H groups in total. The van der Waals surface area contributed by atoms with E-state index < -0.39 is 5.82 Å². The fourth-order valence-electron chi connectivity index (χ4n) is 2.13. The first-order chi connectivity index (χ1) is 10.1. The molecule has 0 aliphatic heterocycles. The van der Waals surface area contributed by atoms with Gasteiger partial charge in [-0.05, 0) is 53.2 Å². The van der Waals surface area contributed by atoms with E-state index in [1.165, 1.54) is 10.7 Å². The Morgan fingerprint density at radius 1 is 1.24 bits per heavy atom. The van der Waals surface area contributed by atoms with Gasteiger partial charge in [-0.2, -0.15) is 4.68 Å². The van der Waals surface area contributed by atoms with Crippen LogP contribution in [0, 0.1) is 12.7 Å². The first-order valence-corrected chi connectivity index (χ1v) is 6.54. The summed E-state index contributed by atoms with van der Waals surface area (Å²) in [6, 6.07) is 10.1. The monoisotopic (exact) mass is 303 g/mol. The molecule has 0 radical (unpaired) electrons. The summed E-state index contributed by atoms with van der Waals surface area (Å²) in [7, 11) is 0. The summed E-state index contributed by atoms with van der Waals surface area (Å²) in [5, 5.41) is 11.4. The fraction of sp³-hybridized carbons (Fsp3) is 0.0714. The van der Waals surface area contributed by atoms with Crippen molar-refractivity contribution < 1.29 is 4.39 Å². The van der Waals surface area contributed by atoms with Crippen LogP contribution >= 0.6 is 11.6 Å². The van der Waals surface area contributed by atoms with Crippen LogP contribution in [0.3, 0.4) is 0 Å². The number of benzene rings is 2. The zero-order valence-corrected chi connectivity index (χ0v) is 11.8. The number of halogens is 2. The molecule has 1 aromatic heterocycles. The first-order valence-electron chi connectivity index (χ1n) is 6.16. The Hall–Kier alpha value is -2.47. The van der Waals surface area contributed by atoms with Crippen molar-refractivity contribution in [3.05, 3.63) is 52.8 Å². The molecule has 0 aliphatic carbocycles. The third-order valence-corrected chi connectivity index (χ3v) is 3.28. The van der Waals surface area contributed by atoms with Crippen molar-refractivity contribution in [2.45, 2.75) is 6.92 Å². The molecule has 0 aliphatic rings. The van der Waals surface area contributed by atoms with Crippen molar-refractivity contribution in [1.82, 2.24) is 20.2 Å². The number of hydrogen-bond acceptors (Lipinski definition) is 4. The van der Waals surface area contributed by atoms with Crippen LogP contribution in [-0.4, -0.2) is 20.2 Å². The lowest BCUT2D eigenvalue weighted by Gasteiger charge is -2.08. The first kappa shape index (κ1) is 13.5. The number of hydrogen-bond donors (Lipinski definition) is 1. The second-order valence-electron chi connectivity index (χ2n) is 4.62. The Morgan fingerprint density at radius 2 is 2.05 bits per heavy atom. The van der Waals surface area contributed by atoms with Crippen LogP contribution in [0.25, 0.3) is 17.1 Å². The number of aromatic nitrogens is 4. The third-order valence-electron chi connectivity index (χ3n) is 2.99. The Labute approximate surface area is 125 Å². The minimum absolute atomic E-state index is 0.0118. The van der Waals surface area contributed by atoms with E-state index >= 15 is 0 Å². The van der Waals surface area contributed by atoms with Crippen LogP contribution in [-0.2, 0) is 0 Å². The van der Waals surface area contributed by atoms with Gasteiger partial charge in [0, 0.05) is 11.3 Å². The molecule has 5 nitrogen and oxygen atoms in total. The zero-order chi connectivity index (χ0) is 15.0. The van der Waals surface area contributed by atoms with Crippen molar-refractivity contribution in [2.24, 2.45) is 0 Å². The second-order valence-corrected chi connectivity index (χ2v) is 5.03. The third kappa shape index (κ3) is 2.45.